The summed E-state index contributed by atoms with van der Waals surface area (Å²) in [6.45, 7) is 6.85. The third kappa shape index (κ3) is 4.37. The Hall–Kier alpha value is -1.26. The Balaban J connectivity index is 1.41. The van der Waals surface area contributed by atoms with Crippen LogP contribution in [0.2, 0.25) is 0 Å². The zero-order valence-corrected chi connectivity index (χ0v) is 13.6. The van der Waals surface area contributed by atoms with E-state index in [0.717, 1.165) is 39.0 Å². The van der Waals surface area contributed by atoms with E-state index < -0.39 is 0 Å². The van der Waals surface area contributed by atoms with Crippen molar-refractivity contribution in [2.75, 3.05) is 49.5 Å². The molecule has 0 bridgehead atoms. The van der Waals surface area contributed by atoms with Gasteiger partial charge in [0.2, 0.25) is 0 Å². The number of piperidine rings is 2. The molecule has 1 aromatic rings. The molecule has 0 atom stereocenters. The molecule has 2 aliphatic heterocycles. The van der Waals surface area contributed by atoms with E-state index >= 15 is 0 Å². The highest BCUT2D eigenvalue weighted by Gasteiger charge is 2.15. The predicted octanol–water partition coefficient (Wildman–Crippen LogP) is 2.51. The molecule has 4 nitrogen and oxygen atoms in total. The second-order valence-corrected chi connectivity index (χ2v) is 6.70. The molecule has 2 heterocycles. The Labute approximate surface area is 134 Å². The molecular weight excluding hydrogens is 272 g/mol. The van der Waals surface area contributed by atoms with E-state index in [1.807, 2.05) is 0 Å². The number of nitrogens with two attached hydrogens (primary N) is 1. The van der Waals surface area contributed by atoms with E-state index in [1.165, 1.54) is 43.7 Å². The Bertz CT molecular complexity index is 431. The van der Waals surface area contributed by atoms with Gasteiger partial charge >= 0.3 is 0 Å². The van der Waals surface area contributed by atoms with Crippen molar-refractivity contribution in [3.63, 3.8) is 0 Å². The quantitative estimate of drug-likeness (QED) is 0.877. The Morgan fingerprint density at radius 2 is 1.64 bits per heavy atom. The van der Waals surface area contributed by atoms with Crippen LogP contribution in [-0.2, 0) is 0 Å². The molecule has 2 fully saturated rings. The van der Waals surface area contributed by atoms with Crippen molar-refractivity contribution in [3.05, 3.63) is 24.3 Å². The Morgan fingerprint density at radius 3 is 2.32 bits per heavy atom. The molecule has 2 aliphatic rings. The van der Waals surface area contributed by atoms with Crippen LogP contribution in [-0.4, -0.2) is 50.2 Å². The molecule has 0 aromatic heterocycles. The fourth-order valence-electron chi connectivity index (χ4n) is 3.48. The van der Waals surface area contributed by atoms with Gasteiger partial charge in [-0.2, -0.15) is 0 Å². The van der Waals surface area contributed by atoms with E-state index in [2.05, 4.69) is 39.4 Å². The molecule has 0 saturated carbocycles. The number of hydrogen-bond acceptors (Lipinski definition) is 4. The van der Waals surface area contributed by atoms with Crippen molar-refractivity contribution in [1.29, 1.82) is 0 Å². The summed E-state index contributed by atoms with van der Waals surface area (Å²) in [5.41, 5.74) is 8.55. The third-order valence-corrected chi connectivity index (χ3v) is 4.98. The SMILES string of the molecule is NC1CCN(CCNc2ccc(N3CCCCC3)cc2)CC1. The number of nitrogens with one attached hydrogen (secondary N) is 1. The van der Waals surface area contributed by atoms with Crippen LogP contribution >= 0.6 is 0 Å². The van der Waals surface area contributed by atoms with Crippen LogP contribution in [0.3, 0.4) is 0 Å². The van der Waals surface area contributed by atoms with Crippen LogP contribution < -0.4 is 16.0 Å². The van der Waals surface area contributed by atoms with Gasteiger partial charge in [0.1, 0.15) is 0 Å². The summed E-state index contributed by atoms with van der Waals surface area (Å²) in [4.78, 5) is 5.02. The molecule has 0 spiro atoms. The fourth-order valence-corrected chi connectivity index (χ4v) is 3.48. The second-order valence-electron chi connectivity index (χ2n) is 6.70. The zero-order valence-electron chi connectivity index (χ0n) is 13.6. The summed E-state index contributed by atoms with van der Waals surface area (Å²) < 4.78 is 0. The summed E-state index contributed by atoms with van der Waals surface area (Å²) in [6, 6.07) is 9.37. The van der Waals surface area contributed by atoms with Gasteiger partial charge in [-0.15, -0.1) is 0 Å². The molecule has 3 N–H and O–H groups in total. The lowest BCUT2D eigenvalue weighted by molar-refractivity contribution is 0.220. The number of benzene rings is 1. The predicted molar refractivity (Wildman–Crippen MR) is 94.6 cm³/mol. The highest BCUT2D eigenvalue weighted by Crippen LogP contribution is 2.21. The van der Waals surface area contributed by atoms with Crippen molar-refractivity contribution in [3.8, 4) is 0 Å². The molecular formula is C18H30N4. The number of nitrogens with zero attached hydrogens (tertiary/aromatic N) is 2. The first kappa shape index (κ1) is 15.6. The largest absolute Gasteiger partial charge is 0.384 e. The molecule has 2 saturated heterocycles. The minimum atomic E-state index is 0.423. The average molecular weight is 302 g/mol. The molecule has 0 aliphatic carbocycles. The van der Waals surface area contributed by atoms with Gasteiger partial charge in [0.15, 0.2) is 0 Å². The molecule has 122 valence electrons. The highest BCUT2D eigenvalue weighted by atomic mass is 15.1. The minimum Gasteiger partial charge on any atom is -0.384 e. The maximum Gasteiger partial charge on any atom is 0.0367 e. The molecule has 0 unspecified atom stereocenters. The van der Waals surface area contributed by atoms with Crippen LogP contribution in [0.5, 0.6) is 0 Å². The van der Waals surface area contributed by atoms with Crippen molar-refractivity contribution in [2.45, 2.75) is 38.1 Å². The molecule has 4 heteroatoms. The Kier molecular flexibility index (Phi) is 5.57. The monoisotopic (exact) mass is 302 g/mol. The lowest BCUT2D eigenvalue weighted by atomic mass is 10.1. The zero-order chi connectivity index (χ0) is 15.2. The number of likely N-dealkylation sites (tertiary alicyclic amines) is 1. The van der Waals surface area contributed by atoms with E-state index in [0.29, 0.717) is 6.04 Å². The first-order valence-electron chi connectivity index (χ1n) is 8.88. The van der Waals surface area contributed by atoms with Crippen LogP contribution in [0.4, 0.5) is 11.4 Å². The number of rotatable bonds is 5. The summed E-state index contributed by atoms with van der Waals surface area (Å²) in [5, 5.41) is 3.54. The summed E-state index contributed by atoms with van der Waals surface area (Å²) in [7, 11) is 0. The molecule has 0 amide bonds. The smallest absolute Gasteiger partial charge is 0.0367 e. The van der Waals surface area contributed by atoms with E-state index in [1.54, 1.807) is 0 Å². The maximum atomic E-state index is 5.95. The fraction of sp³-hybridized carbons (Fsp3) is 0.667. The van der Waals surface area contributed by atoms with Gasteiger partial charge in [-0.05, 0) is 69.5 Å². The van der Waals surface area contributed by atoms with Gasteiger partial charge < -0.3 is 20.9 Å². The van der Waals surface area contributed by atoms with Crippen LogP contribution in [0.15, 0.2) is 24.3 Å². The summed E-state index contributed by atoms with van der Waals surface area (Å²) >= 11 is 0. The van der Waals surface area contributed by atoms with Crippen molar-refractivity contribution in [1.82, 2.24) is 4.90 Å². The molecule has 3 rings (SSSR count). The lowest BCUT2D eigenvalue weighted by Crippen LogP contribution is -2.41. The van der Waals surface area contributed by atoms with Crippen molar-refractivity contribution >= 4 is 11.4 Å². The van der Waals surface area contributed by atoms with E-state index in [9.17, 15) is 0 Å². The summed E-state index contributed by atoms with van der Waals surface area (Å²) in [6.07, 6.45) is 6.34. The van der Waals surface area contributed by atoms with Crippen molar-refractivity contribution < 1.29 is 0 Å². The normalized spacial score (nSPS) is 21.0. The first-order valence-corrected chi connectivity index (χ1v) is 8.88. The first-order chi connectivity index (χ1) is 10.8. The van der Waals surface area contributed by atoms with Gasteiger partial charge in [0.05, 0.1) is 0 Å². The molecule has 0 radical (unpaired) electrons. The van der Waals surface area contributed by atoms with Gasteiger partial charge in [-0.1, -0.05) is 0 Å². The summed E-state index contributed by atoms with van der Waals surface area (Å²) in [5.74, 6) is 0. The van der Waals surface area contributed by atoms with Crippen LogP contribution in [0.25, 0.3) is 0 Å². The second kappa shape index (κ2) is 7.84. The molecule has 1 aromatic carbocycles. The van der Waals surface area contributed by atoms with E-state index in [-0.39, 0.29) is 0 Å². The van der Waals surface area contributed by atoms with Gasteiger partial charge in [-0.25, -0.2) is 0 Å². The van der Waals surface area contributed by atoms with Crippen molar-refractivity contribution in [2.24, 2.45) is 5.73 Å². The van der Waals surface area contributed by atoms with Crippen LogP contribution in [0, 0.1) is 0 Å². The Morgan fingerprint density at radius 1 is 0.955 bits per heavy atom. The standard InChI is InChI=1S/C18H30N4/c19-16-8-13-21(14-9-16)15-10-20-17-4-6-18(7-5-17)22-11-2-1-3-12-22/h4-7,16,20H,1-3,8-15,19H2. The van der Waals surface area contributed by atoms with Gasteiger partial charge in [0.25, 0.3) is 0 Å². The average Bonchev–Trinajstić information content (AvgIpc) is 2.58. The van der Waals surface area contributed by atoms with Gasteiger partial charge in [-0.3, -0.25) is 0 Å². The highest BCUT2D eigenvalue weighted by molar-refractivity contribution is 5.55. The lowest BCUT2D eigenvalue weighted by Gasteiger charge is -2.30. The number of hydrogen-bond donors (Lipinski definition) is 2. The van der Waals surface area contributed by atoms with E-state index in [4.69, 9.17) is 5.73 Å². The topological polar surface area (TPSA) is 44.5 Å². The molecule has 22 heavy (non-hydrogen) atoms. The van der Waals surface area contributed by atoms with Gasteiger partial charge in [0, 0.05) is 43.6 Å². The third-order valence-electron chi connectivity index (χ3n) is 4.98. The van der Waals surface area contributed by atoms with Crippen LogP contribution in [0.1, 0.15) is 32.1 Å². The number of anilines is 2. The minimum absolute atomic E-state index is 0.423. The maximum absolute atomic E-state index is 5.95.